The number of nitrogens with zero attached hydrogens (tertiary/aromatic N) is 2. The molecule has 0 spiro atoms. The van der Waals surface area contributed by atoms with Gasteiger partial charge < -0.3 is 4.98 Å². The number of hydrogen-bond acceptors (Lipinski definition) is 2. The second-order valence-corrected chi connectivity index (χ2v) is 5.58. The van der Waals surface area contributed by atoms with Crippen LogP contribution in [0.1, 0.15) is 32.3 Å². The minimum atomic E-state index is 0.0245. The Labute approximate surface area is 97.5 Å². The third kappa shape index (κ3) is 1.78. The normalized spacial score (nSPS) is 12.3. The van der Waals surface area contributed by atoms with Gasteiger partial charge in [0.2, 0.25) is 0 Å². The maximum atomic E-state index is 4.54. The van der Waals surface area contributed by atoms with E-state index in [9.17, 15) is 0 Å². The highest BCUT2D eigenvalue weighted by molar-refractivity contribution is 9.10. The zero-order valence-electron chi connectivity index (χ0n) is 9.35. The molecule has 1 N–H and O–H groups in total. The van der Waals surface area contributed by atoms with Crippen LogP contribution in [0.15, 0.2) is 10.7 Å². The lowest BCUT2D eigenvalue weighted by Crippen LogP contribution is -2.15. The zero-order valence-corrected chi connectivity index (χ0v) is 10.9. The first-order chi connectivity index (χ1) is 6.89. The van der Waals surface area contributed by atoms with Crippen LogP contribution in [0.3, 0.4) is 0 Å². The first-order valence-electron chi connectivity index (χ1n) is 4.91. The van der Waals surface area contributed by atoms with E-state index in [4.69, 9.17) is 0 Å². The molecule has 0 aliphatic carbocycles. The van der Waals surface area contributed by atoms with Crippen molar-refractivity contribution in [2.75, 3.05) is 0 Å². The van der Waals surface area contributed by atoms with Crippen LogP contribution in [0, 0.1) is 6.92 Å². The van der Waals surface area contributed by atoms with Gasteiger partial charge in [-0.25, -0.2) is 9.97 Å². The summed E-state index contributed by atoms with van der Waals surface area (Å²) in [7, 11) is 0. The number of fused-ring (bicyclic) bond motifs is 1. The highest BCUT2D eigenvalue weighted by atomic mass is 79.9. The highest BCUT2D eigenvalue weighted by Gasteiger charge is 2.22. The van der Waals surface area contributed by atoms with Gasteiger partial charge in [-0.2, -0.15) is 0 Å². The number of H-pyrrole nitrogens is 1. The van der Waals surface area contributed by atoms with Gasteiger partial charge in [0.25, 0.3) is 0 Å². The van der Waals surface area contributed by atoms with Gasteiger partial charge in [-0.05, 0) is 22.9 Å². The lowest BCUT2D eigenvalue weighted by molar-refractivity contribution is 0.571. The van der Waals surface area contributed by atoms with Crippen molar-refractivity contribution in [3.63, 3.8) is 0 Å². The molecule has 3 nitrogen and oxygen atoms in total. The molecule has 80 valence electrons. The van der Waals surface area contributed by atoms with E-state index in [0.29, 0.717) is 0 Å². The molecule has 2 aromatic rings. The van der Waals surface area contributed by atoms with Crippen LogP contribution in [-0.2, 0) is 5.41 Å². The van der Waals surface area contributed by atoms with E-state index >= 15 is 0 Å². The molecule has 0 saturated carbocycles. The number of hydrogen-bond donors (Lipinski definition) is 1. The minimum Gasteiger partial charge on any atom is -0.345 e. The predicted molar refractivity (Wildman–Crippen MR) is 65.0 cm³/mol. The topological polar surface area (TPSA) is 41.6 Å². The summed E-state index contributed by atoms with van der Waals surface area (Å²) >= 11 is 3.52. The SMILES string of the molecule is Cc1nc(C(C)(C)C)c2c(Br)c[nH]c2n1. The fourth-order valence-corrected chi connectivity index (χ4v) is 2.14. The molecule has 0 saturated heterocycles. The molecule has 2 heterocycles. The Bertz CT molecular complexity index is 508. The molecule has 0 aliphatic heterocycles. The molecule has 0 fully saturated rings. The number of rotatable bonds is 0. The molecule has 15 heavy (non-hydrogen) atoms. The molecule has 0 aliphatic rings. The van der Waals surface area contributed by atoms with Crippen molar-refractivity contribution in [2.45, 2.75) is 33.1 Å². The third-order valence-corrected chi connectivity index (χ3v) is 2.93. The molecular formula is C11H14BrN3. The van der Waals surface area contributed by atoms with Crippen molar-refractivity contribution in [2.24, 2.45) is 0 Å². The number of aryl methyl sites for hydroxylation is 1. The van der Waals surface area contributed by atoms with Crippen molar-refractivity contribution >= 4 is 27.0 Å². The molecule has 2 aromatic heterocycles. The highest BCUT2D eigenvalue weighted by Crippen LogP contribution is 2.32. The monoisotopic (exact) mass is 267 g/mol. The maximum absolute atomic E-state index is 4.54. The number of halogens is 1. The molecule has 2 rings (SSSR count). The standard InChI is InChI=1S/C11H14BrN3/c1-6-14-9(11(2,3)4)8-7(12)5-13-10(8)15-6/h5H,1-4H3,(H,13,14,15). The number of aromatic nitrogens is 3. The van der Waals surface area contributed by atoms with Gasteiger partial charge in [-0.15, -0.1) is 0 Å². The van der Waals surface area contributed by atoms with Crippen LogP contribution in [0.4, 0.5) is 0 Å². The fourth-order valence-electron chi connectivity index (χ4n) is 1.65. The van der Waals surface area contributed by atoms with E-state index in [1.165, 1.54) is 0 Å². The van der Waals surface area contributed by atoms with Crippen molar-refractivity contribution < 1.29 is 0 Å². The minimum absolute atomic E-state index is 0.0245. The molecule has 0 unspecified atom stereocenters. The van der Waals surface area contributed by atoms with Crippen LogP contribution in [0.2, 0.25) is 0 Å². The summed E-state index contributed by atoms with van der Waals surface area (Å²) in [6, 6.07) is 0. The van der Waals surface area contributed by atoms with Crippen molar-refractivity contribution in [3.8, 4) is 0 Å². The molecule has 0 radical (unpaired) electrons. The Morgan fingerprint density at radius 3 is 2.53 bits per heavy atom. The second-order valence-electron chi connectivity index (χ2n) is 4.73. The Balaban J connectivity index is 2.87. The smallest absolute Gasteiger partial charge is 0.142 e. The summed E-state index contributed by atoms with van der Waals surface area (Å²) in [6.07, 6.45) is 1.91. The number of nitrogens with one attached hydrogen (secondary N) is 1. The summed E-state index contributed by atoms with van der Waals surface area (Å²) in [5, 5.41) is 1.09. The van der Waals surface area contributed by atoms with Gasteiger partial charge >= 0.3 is 0 Å². The summed E-state index contributed by atoms with van der Waals surface area (Å²) in [4.78, 5) is 12.1. The van der Waals surface area contributed by atoms with Crippen LogP contribution in [0.5, 0.6) is 0 Å². The second kappa shape index (κ2) is 3.30. The Morgan fingerprint density at radius 2 is 1.93 bits per heavy atom. The molecule has 0 aromatic carbocycles. The Hall–Kier alpha value is -0.900. The van der Waals surface area contributed by atoms with Gasteiger partial charge in [-0.1, -0.05) is 20.8 Å². The third-order valence-electron chi connectivity index (χ3n) is 2.31. The van der Waals surface area contributed by atoms with Gasteiger partial charge in [0.1, 0.15) is 11.5 Å². The quantitative estimate of drug-likeness (QED) is 0.796. The molecule has 0 bridgehead atoms. The van der Waals surface area contributed by atoms with E-state index in [2.05, 4.69) is 51.7 Å². The van der Waals surface area contributed by atoms with Crippen molar-refractivity contribution in [1.29, 1.82) is 0 Å². The zero-order chi connectivity index (χ0) is 11.2. The lowest BCUT2D eigenvalue weighted by Gasteiger charge is -2.19. The molecule has 4 heteroatoms. The van der Waals surface area contributed by atoms with Gasteiger partial charge in [-0.3, -0.25) is 0 Å². The average Bonchev–Trinajstić information content (AvgIpc) is 2.44. The van der Waals surface area contributed by atoms with E-state index in [0.717, 1.165) is 27.0 Å². The van der Waals surface area contributed by atoms with E-state index in [1.54, 1.807) is 0 Å². The van der Waals surface area contributed by atoms with Gasteiger partial charge in [0.05, 0.1) is 11.1 Å². The summed E-state index contributed by atoms with van der Waals surface area (Å²) < 4.78 is 1.03. The molecule has 0 atom stereocenters. The van der Waals surface area contributed by atoms with Crippen LogP contribution in [-0.4, -0.2) is 15.0 Å². The Morgan fingerprint density at radius 1 is 1.27 bits per heavy atom. The molecular weight excluding hydrogens is 254 g/mol. The van der Waals surface area contributed by atoms with Crippen LogP contribution in [0.25, 0.3) is 11.0 Å². The summed E-state index contributed by atoms with van der Waals surface area (Å²) in [5.74, 6) is 0.807. The van der Waals surface area contributed by atoms with Crippen molar-refractivity contribution in [3.05, 3.63) is 22.2 Å². The average molecular weight is 268 g/mol. The van der Waals surface area contributed by atoms with Crippen molar-refractivity contribution in [1.82, 2.24) is 15.0 Å². The van der Waals surface area contributed by atoms with E-state index in [1.807, 2.05) is 13.1 Å². The molecule has 0 amide bonds. The van der Waals surface area contributed by atoms with E-state index < -0.39 is 0 Å². The first kappa shape index (κ1) is 10.6. The van der Waals surface area contributed by atoms with E-state index in [-0.39, 0.29) is 5.41 Å². The lowest BCUT2D eigenvalue weighted by atomic mass is 9.90. The summed E-state index contributed by atoms with van der Waals surface area (Å²) in [6.45, 7) is 8.40. The largest absolute Gasteiger partial charge is 0.345 e. The fraction of sp³-hybridized carbons (Fsp3) is 0.455. The Kier molecular flexibility index (Phi) is 2.34. The maximum Gasteiger partial charge on any atom is 0.142 e. The van der Waals surface area contributed by atoms with Gasteiger partial charge in [0, 0.05) is 16.1 Å². The first-order valence-corrected chi connectivity index (χ1v) is 5.70. The van der Waals surface area contributed by atoms with Crippen LogP contribution >= 0.6 is 15.9 Å². The number of aromatic amines is 1. The van der Waals surface area contributed by atoms with Gasteiger partial charge in [0.15, 0.2) is 0 Å². The predicted octanol–water partition coefficient (Wildman–Crippen LogP) is 3.33. The van der Waals surface area contributed by atoms with Crippen LogP contribution < -0.4 is 0 Å². The summed E-state index contributed by atoms with van der Waals surface area (Å²) in [5.41, 5.74) is 2.01.